The molecule has 1 unspecified atom stereocenters. The van der Waals surface area contributed by atoms with Gasteiger partial charge >= 0.3 is 6.03 Å². The van der Waals surface area contributed by atoms with Crippen molar-refractivity contribution in [3.63, 3.8) is 0 Å². The zero-order chi connectivity index (χ0) is 20.5. The number of nitriles is 1. The molecular weight excluding hydrogens is 378 g/mol. The number of fused-ring (bicyclic) bond motifs is 1. The minimum atomic E-state index is -0.564. The third-order valence-corrected chi connectivity index (χ3v) is 4.84. The summed E-state index contributed by atoms with van der Waals surface area (Å²) in [6.07, 6.45) is 2.06. The summed E-state index contributed by atoms with van der Waals surface area (Å²) in [6.45, 7) is 0.0000113. The fourth-order valence-electron chi connectivity index (χ4n) is 3.56. The molecule has 1 aliphatic heterocycles. The standard InChI is InChI=1S/C20H16F2N6O/c21-14-2-1-13-6-18(16-10-26-27-19(16)24)28(17(13)7-14)20(29)25-9-12-3-11(8-23)4-15(22)5-12/h1-5,7,10,18H,6,9H2,(H,25,29)(H3,24,26,27). The van der Waals surface area contributed by atoms with Crippen molar-refractivity contribution in [2.24, 2.45) is 0 Å². The summed E-state index contributed by atoms with van der Waals surface area (Å²) in [7, 11) is 0. The molecule has 4 rings (SSSR count). The van der Waals surface area contributed by atoms with Gasteiger partial charge in [0, 0.05) is 18.3 Å². The Kier molecular flexibility index (Phi) is 4.60. The lowest BCUT2D eigenvalue weighted by atomic mass is 10.1. The van der Waals surface area contributed by atoms with E-state index < -0.39 is 23.7 Å². The Balaban J connectivity index is 1.62. The van der Waals surface area contributed by atoms with Crippen molar-refractivity contribution in [3.05, 3.63) is 76.5 Å². The van der Waals surface area contributed by atoms with Crippen LogP contribution in [0.2, 0.25) is 0 Å². The first-order chi connectivity index (χ1) is 14.0. The Morgan fingerprint density at radius 2 is 2.14 bits per heavy atom. The number of carbonyl (C=O) groups is 1. The second-order valence-electron chi connectivity index (χ2n) is 6.71. The van der Waals surface area contributed by atoms with Crippen LogP contribution >= 0.6 is 0 Å². The maximum atomic E-state index is 13.9. The van der Waals surface area contributed by atoms with Crippen molar-refractivity contribution in [1.29, 1.82) is 5.26 Å². The Morgan fingerprint density at radius 3 is 2.86 bits per heavy atom. The number of urea groups is 1. The molecule has 2 aromatic carbocycles. The van der Waals surface area contributed by atoms with E-state index in [1.54, 1.807) is 12.3 Å². The molecule has 0 radical (unpaired) electrons. The van der Waals surface area contributed by atoms with Crippen molar-refractivity contribution in [2.45, 2.75) is 19.0 Å². The fourth-order valence-corrected chi connectivity index (χ4v) is 3.56. The fraction of sp³-hybridized carbons (Fsp3) is 0.150. The maximum absolute atomic E-state index is 13.9. The van der Waals surface area contributed by atoms with Gasteiger partial charge in [-0.15, -0.1) is 0 Å². The maximum Gasteiger partial charge on any atom is 0.322 e. The molecule has 9 heteroatoms. The van der Waals surface area contributed by atoms with Gasteiger partial charge in [0.1, 0.15) is 11.6 Å². The first-order valence-electron chi connectivity index (χ1n) is 8.80. The molecule has 146 valence electrons. The molecular formula is C20H16F2N6O. The number of nitrogen functional groups attached to an aromatic ring is 1. The smallest absolute Gasteiger partial charge is 0.322 e. The Hall–Kier alpha value is -3.93. The molecule has 4 N–H and O–H groups in total. The second-order valence-corrected chi connectivity index (χ2v) is 6.71. The number of nitrogens with zero attached hydrogens (tertiary/aromatic N) is 3. The summed E-state index contributed by atoms with van der Waals surface area (Å²) in [6, 6.07) is 9.02. The lowest BCUT2D eigenvalue weighted by Crippen LogP contribution is -2.40. The zero-order valence-electron chi connectivity index (χ0n) is 15.1. The van der Waals surface area contributed by atoms with Crippen molar-refractivity contribution in [1.82, 2.24) is 15.5 Å². The average Bonchev–Trinajstić information content (AvgIpc) is 3.28. The van der Waals surface area contributed by atoms with Crippen LogP contribution in [0.25, 0.3) is 0 Å². The lowest BCUT2D eigenvalue weighted by molar-refractivity contribution is 0.244. The van der Waals surface area contributed by atoms with Crippen LogP contribution in [0.4, 0.5) is 25.1 Å². The van der Waals surface area contributed by atoms with Gasteiger partial charge in [0.15, 0.2) is 5.82 Å². The van der Waals surface area contributed by atoms with Crippen LogP contribution in [0.1, 0.15) is 28.3 Å². The van der Waals surface area contributed by atoms with Crippen molar-refractivity contribution >= 4 is 17.5 Å². The highest BCUT2D eigenvalue weighted by atomic mass is 19.1. The van der Waals surface area contributed by atoms with Gasteiger partial charge < -0.3 is 11.1 Å². The monoisotopic (exact) mass is 394 g/mol. The summed E-state index contributed by atoms with van der Waals surface area (Å²) in [4.78, 5) is 14.4. The SMILES string of the molecule is N#Cc1cc(F)cc(CNC(=O)N2c3cc(F)ccc3CC2c2c[nH]nc2N)c1. The highest BCUT2D eigenvalue weighted by molar-refractivity contribution is 5.95. The van der Waals surface area contributed by atoms with E-state index in [0.717, 1.165) is 11.6 Å². The quantitative estimate of drug-likeness (QED) is 0.634. The number of nitrogens with one attached hydrogen (secondary N) is 2. The average molecular weight is 394 g/mol. The lowest BCUT2D eigenvalue weighted by Gasteiger charge is -2.25. The van der Waals surface area contributed by atoms with Crippen LogP contribution in [0.15, 0.2) is 42.6 Å². The van der Waals surface area contributed by atoms with E-state index in [4.69, 9.17) is 11.0 Å². The van der Waals surface area contributed by atoms with E-state index in [-0.39, 0.29) is 17.9 Å². The number of aromatic nitrogens is 2. The van der Waals surface area contributed by atoms with E-state index in [1.165, 1.54) is 29.2 Å². The number of hydrogen-bond donors (Lipinski definition) is 3. The molecule has 1 aliphatic rings. The number of amides is 2. The van der Waals surface area contributed by atoms with E-state index in [9.17, 15) is 13.6 Å². The molecule has 1 aromatic heterocycles. The van der Waals surface area contributed by atoms with Crippen molar-refractivity contribution in [3.8, 4) is 6.07 Å². The van der Waals surface area contributed by atoms with Crippen LogP contribution in [0, 0.1) is 23.0 Å². The minimum Gasteiger partial charge on any atom is -0.382 e. The Morgan fingerprint density at radius 1 is 1.31 bits per heavy atom. The van der Waals surface area contributed by atoms with Gasteiger partial charge in [0.25, 0.3) is 0 Å². The van der Waals surface area contributed by atoms with Crippen LogP contribution in [-0.2, 0) is 13.0 Å². The molecule has 3 aromatic rings. The number of H-pyrrole nitrogens is 1. The number of hydrogen-bond acceptors (Lipinski definition) is 4. The summed E-state index contributed by atoms with van der Waals surface area (Å²) in [5.74, 6) is -0.776. The summed E-state index contributed by atoms with van der Waals surface area (Å²) in [5.41, 5.74) is 8.36. The molecule has 29 heavy (non-hydrogen) atoms. The number of halogens is 2. The van der Waals surface area contributed by atoms with Crippen LogP contribution in [-0.4, -0.2) is 16.2 Å². The predicted octanol–water partition coefficient (Wildman–Crippen LogP) is 3.16. The molecule has 2 heterocycles. The number of anilines is 2. The summed E-state index contributed by atoms with van der Waals surface area (Å²) in [5, 5.41) is 18.3. The minimum absolute atomic E-state index is 0.0000113. The summed E-state index contributed by atoms with van der Waals surface area (Å²) >= 11 is 0. The Bertz CT molecular complexity index is 1140. The van der Waals surface area contributed by atoms with E-state index in [0.29, 0.717) is 23.2 Å². The van der Waals surface area contributed by atoms with Gasteiger partial charge in [0.2, 0.25) is 0 Å². The van der Waals surface area contributed by atoms with Crippen LogP contribution in [0.3, 0.4) is 0 Å². The van der Waals surface area contributed by atoms with Crippen LogP contribution < -0.4 is 16.0 Å². The second kappa shape index (κ2) is 7.24. The zero-order valence-corrected chi connectivity index (χ0v) is 15.1. The molecule has 0 saturated carbocycles. The molecule has 7 nitrogen and oxygen atoms in total. The van der Waals surface area contributed by atoms with Crippen LogP contribution in [0.5, 0.6) is 0 Å². The largest absolute Gasteiger partial charge is 0.382 e. The molecule has 0 saturated heterocycles. The highest BCUT2D eigenvalue weighted by Crippen LogP contribution is 2.41. The topological polar surface area (TPSA) is 111 Å². The molecule has 0 aliphatic carbocycles. The molecule has 2 amide bonds. The van der Waals surface area contributed by atoms with Gasteiger partial charge in [-0.25, -0.2) is 13.6 Å². The highest BCUT2D eigenvalue weighted by Gasteiger charge is 2.36. The number of aromatic amines is 1. The number of rotatable bonds is 3. The van der Waals surface area contributed by atoms with E-state index in [1.807, 2.05) is 6.07 Å². The van der Waals surface area contributed by atoms with Crippen molar-refractivity contribution < 1.29 is 13.6 Å². The third-order valence-electron chi connectivity index (χ3n) is 4.84. The van der Waals surface area contributed by atoms with Gasteiger partial charge in [-0.05, 0) is 47.9 Å². The normalized spacial score (nSPS) is 15.1. The van der Waals surface area contributed by atoms with E-state index in [2.05, 4.69) is 15.5 Å². The molecule has 0 bridgehead atoms. The number of nitrogens with two attached hydrogens (primary N) is 1. The molecule has 1 atom stereocenters. The van der Waals surface area contributed by atoms with Crippen molar-refractivity contribution in [2.75, 3.05) is 10.6 Å². The number of carbonyl (C=O) groups excluding carboxylic acids is 1. The van der Waals surface area contributed by atoms with E-state index >= 15 is 0 Å². The number of benzene rings is 2. The third kappa shape index (κ3) is 3.48. The predicted molar refractivity (Wildman–Crippen MR) is 102 cm³/mol. The van der Waals surface area contributed by atoms with Gasteiger partial charge in [-0.2, -0.15) is 10.4 Å². The van der Waals surface area contributed by atoms with Gasteiger partial charge in [0.05, 0.1) is 23.4 Å². The molecule has 0 spiro atoms. The van der Waals surface area contributed by atoms with Gasteiger partial charge in [-0.3, -0.25) is 10.00 Å². The van der Waals surface area contributed by atoms with Gasteiger partial charge in [-0.1, -0.05) is 6.07 Å². The Labute approximate surface area is 164 Å². The summed E-state index contributed by atoms with van der Waals surface area (Å²) < 4.78 is 27.5. The first-order valence-corrected chi connectivity index (χ1v) is 8.80. The molecule has 0 fully saturated rings. The first kappa shape index (κ1) is 18.4.